The molecule has 0 aromatic carbocycles. The van der Waals surface area contributed by atoms with Crippen LogP contribution in [0.4, 0.5) is 0 Å². The molecule has 2 rings (SSSR count). The van der Waals surface area contributed by atoms with E-state index in [1.54, 1.807) is 6.26 Å². The Kier molecular flexibility index (Phi) is 4.75. The average molecular weight is 288 g/mol. The topological polar surface area (TPSA) is 41.5 Å². The molecule has 104 valence electrons. The smallest absolute Gasteiger partial charge is 0.157 e. The highest BCUT2D eigenvalue weighted by Crippen LogP contribution is 2.38. The van der Waals surface area contributed by atoms with E-state index in [2.05, 4.69) is 17.2 Å². The van der Waals surface area contributed by atoms with E-state index >= 15 is 0 Å². The van der Waals surface area contributed by atoms with Crippen LogP contribution in [-0.4, -0.2) is 38.7 Å². The van der Waals surface area contributed by atoms with E-state index in [9.17, 15) is 4.21 Å². The van der Waals surface area contributed by atoms with Gasteiger partial charge < -0.3 is 5.32 Å². The fourth-order valence-corrected chi connectivity index (χ4v) is 5.10. The van der Waals surface area contributed by atoms with E-state index in [0.717, 1.165) is 16.8 Å². The lowest BCUT2D eigenvalue weighted by Gasteiger charge is -2.36. The van der Waals surface area contributed by atoms with Crippen molar-refractivity contribution in [2.45, 2.75) is 51.1 Å². The number of nitrogens with zero attached hydrogens (tertiary/aromatic N) is 1. The zero-order valence-electron chi connectivity index (χ0n) is 11.6. The Bertz CT molecular complexity index is 359. The van der Waals surface area contributed by atoms with E-state index in [1.807, 2.05) is 18.7 Å². The molecule has 0 aromatic rings. The monoisotopic (exact) mass is 288 g/mol. The van der Waals surface area contributed by atoms with Crippen LogP contribution in [0, 0.1) is 5.92 Å². The molecule has 3 nitrogen and oxygen atoms in total. The van der Waals surface area contributed by atoms with Crippen molar-refractivity contribution in [3.05, 3.63) is 0 Å². The van der Waals surface area contributed by atoms with E-state index < -0.39 is 10.8 Å². The second kappa shape index (κ2) is 5.95. The summed E-state index contributed by atoms with van der Waals surface area (Å²) >= 11 is 1.85. The summed E-state index contributed by atoms with van der Waals surface area (Å²) in [5.74, 6) is 2.64. The molecular formula is C13H24N2OS2. The van der Waals surface area contributed by atoms with Gasteiger partial charge in [0.25, 0.3) is 0 Å². The van der Waals surface area contributed by atoms with Gasteiger partial charge in [-0.2, -0.15) is 0 Å². The van der Waals surface area contributed by atoms with Gasteiger partial charge in [0.2, 0.25) is 0 Å². The highest BCUT2D eigenvalue weighted by molar-refractivity contribution is 8.14. The van der Waals surface area contributed by atoms with Gasteiger partial charge in [0, 0.05) is 34.1 Å². The molecule has 1 saturated heterocycles. The van der Waals surface area contributed by atoms with Gasteiger partial charge in [0.15, 0.2) is 5.17 Å². The molecule has 2 fully saturated rings. The standard InChI is InChI=1S/C13H24N2OS2/c1-10-5-4-6-13(7-10)9-17-12(15-13)14-11(2)8-18(3)16/h10-11H,4-9H2,1-3H3,(H,14,15). The van der Waals surface area contributed by atoms with E-state index in [1.165, 1.54) is 25.7 Å². The van der Waals surface area contributed by atoms with E-state index in [4.69, 9.17) is 0 Å². The highest BCUT2D eigenvalue weighted by atomic mass is 32.2. The molecule has 1 aliphatic heterocycles. The van der Waals surface area contributed by atoms with Crippen LogP contribution in [0.5, 0.6) is 0 Å². The molecule has 4 unspecified atom stereocenters. The maximum absolute atomic E-state index is 11.2. The third-order valence-electron chi connectivity index (χ3n) is 3.76. The normalized spacial score (nSPS) is 37.7. The fraction of sp³-hybridized carbons (Fsp3) is 0.923. The summed E-state index contributed by atoms with van der Waals surface area (Å²) in [6.07, 6.45) is 6.99. The van der Waals surface area contributed by atoms with Crippen molar-refractivity contribution in [3.8, 4) is 0 Å². The van der Waals surface area contributed by atoms with Crippen LogP contribution >= 0.6 is 11.8 Å². The molecule has 1 heterocycles. The average Bonchev–Trinajstić information content (AvgIpc) is 2.59. The van der Waals surface area contributed by atoms with Crippen LogP contribution in [0.15, 0.2) is 4.99 Å². The minimum Gasteiger partial charge on any atom is -0.359 e. The second-order valence-electron chi connectivity index (χ2n) is 5.92. The first-order valence-electron chi connectivity index (χ1n) is 6.78. The van der Waals surface area contributed by atoms with E-state index in [-0.39, 0.29) is 6.04 Å². The van der Waals surface area contributed by atoms with Gasteiger partial charge >= 0.3 is 0 Å². The lowest BCUT2D eigenvalue weighted by Crippen LogP contribution is -2.47. The summed E-state index contributed by atoms with van der Waals surface area (Å²) in [5.41, 5.74) is 0.298. The number of hydrogen-bond donors (Lipinski definition) is 1. The summed E-state index contributed by atoms with van der Waals surface area (Å²) in [4.78, 5) is 4.67. The first kappa shape index (κ1) is 14.4. The summed E-state index contributed by atoms with van der Waals surface area (Å²) in [6, 6.07) is 0.155. The third-order valence-corrected chi connectivity index (χ3v) is 5.89. The summed E-state index contributed by atoms with van der Waals surface area (Å²) in [6.45, 7) is 4.40. The van der Waals surface area contributed by atoms with Gasteiger partial charge in [-0.1, -0.05) is 31.5 Å². The maximum Gasteiger partial charge on any atom is 0.157 e. The second-order valence-corrected chi connectivity index (χ2v) is 8.36. The molecular weight excluding hydrogens is 264 g/mol. The number of hydrogen-bond acceptors (Lipinski definition) is 3. The lowest BCUT2D eigenvalue weighted by molar-refractivity contribution is 0.242. The summed E-state index contributed by atoms with van der Waals surface area (Å²) < 4.78 is 11.2. The molecule has 18 heavy (non-hydrogen) atoms. The zero-order chi connectivity index (χ0) is 13.2. The fourth-order valence-electron chi connectivity index (χ4n) is 3.06. The molecule has 1 N–H and O–H groups in total. The molecule has 4 atom stereocenters. The minimum atomic E-state index is -0.759. The van der Waals surface area contributed by atoms with Crippen LogP contribution < -0.4 is 5.32 Å². The Labute approximate surface area is 117 Å². The van der Waals surface area contributed by atoms with Gasteiger partial charge in [-0.15, -0.1) is 0 Å². The Morgan fingerprint density at radius 3 is 3.11 bits per heavy atom. The van der Waals surface area contributed by atoms with Gasteiger partial charge in [-0.3, -0.25) is 9.20 Å². The van der Waals surface area contributed by atoms with Gasteiger partial charge in [0.1, 0.15) is 0 Å². The van der Waals surface area contributed by atoms with Gasteiger partial charge in [0.05, 0.1) is 6.04 Å². The van der Waals surface area contributed by atoms with Crippen molar-refractivity contribution in [3.63, 3.8) is 0 Å². The van der Waals surface area contributed by atoms with Crippen LogP contribution in [0.2, 0.25) is 0 Å². The Hall–Kier alpha value is -0.0300. The molecule has 1 spiro atoms. The molecule has 1 aliphatic carbocycles. The first-order chi connectivity index (χ1) is 8.49. The largest absolute Gasteiger partial charge is 0.359 e. The molecule has 1 saturated carbocycles. The number of amidine groups is 1. The quantitative estimate of drug-likeness (QED) is 0.867. The number of aliphatic imine (C=N–C) groups is 1. The van der Waals surface area contributed by atoms with Crippen molar-refractivity contribution in [2.75, 3.05) is 17.8 Å². The summed E-state index contributed by atoms with van der Waals surface area (Å²) in [7, 11) is -0.759. The van der Waals surface area contributed by atoms with Crippen LogP contribution in [-0.2, 0) is 10.8 Å². The van der Waals surface area contributed by atoms with Crippen LogP contribution in [0.25, 0.3) is 0 Å². The van der Waals surface area contributed by atoms with Crippen LogP contribution in [0.1, 0.15) is 39.5 Å². The van der Waals surface area contributed by atoms with Gasteiger partial charge in [-0.05, 0) is 25.7 Å². The molecule has 0 aromatic heterocycles. The molecule has 0 amide bonds. The van der Waals surface area contributed by atoms with Gasteiger partial charge in [-0.25, -0.2) is 0 Å². The van der Waals surface area contributed by atoms with Crippen molar-refractivity contribution < 1.29 is 4.21 Å². The predicted molar refractivity (Wildman–Crippen MR) is 81.8 cm³/mol. The summed E-state index contributed by atoms with van der Waals surface area (Å²) in [5, 5.41) is 4.73. The maximum atomic E-state index is 11.2. The zero-order valence-corrected chi connectivity index (χ0v) is 13.2. The molecule has 0 bridgehead atoms. The molecule has 2 aliphatic rings. The SMILES string of the molecule is CC1CCCC2(CSC(=NC(C)CS(C)=O)N2)C1. The van der Waals surface area contributed by atoms with Crippen molar-refractivity contribution in [1.29, 1.82) is 0 Å². The highest BCUT2D eigenvalue weighted by Gasteiger charge is 2.40. The third kappa shape index (κ3) is 3.73. The Morgan fingerprint density at radius 1 is 1.67 bits per heavy atom. The van der Waals surface area contributed by atoms with E-state index in [0.29, 0.717) is 11.3 Å². The predicted octanol–water partition coefficient (Wildman–Crippen LogP) is 2.39. The minimum absolute atomic E-state index is 0.155. The number of thioether (sulfide) groups is 1. The van der Waals surface area contributed by atoms with Crippen molar-refractivity contribution in [1.82, 2.24) is 5.32 Å². The number of rotatable bonds is 3. The number of nitrogens with one attached hydrogen (secondary N) is 1. The van der Waals surface area contributed by atoms with Crippen molar-refractivity contribution >= 4 is 27.7 Å². The Balaban J connectivity index is 1.94. The van der Waals surface area contributed by atoms with Crippen LogP contribution in [0.3, 0.4) is 0 Å². The molecule has 5 heteroatoms. The Morgan fingerprint density at radius 2 is 2.44 bits per heavy atom. The van der Waals surface area contributed by atoms with Crippen molar-refractivity contribution in [2.24, 2.45) is 10.9 Å². The lowest BCUT2D eigenvalue weighted by atomic mass is 9.78. The first-order valence-corrected chi connectivity index (χ1v) is 9.49. The molecule has 0 radical (unpaired) electrons.